The Morgan fingerprint density at radius 2 is 1.85 bits per heavy atom. The number of aromatic nitrogens is 3. The fourth-order valence-corrected chi connectivity index (χ4v) is 3.10. The van der Waals surface area contributed by atoms with Crippen molar-refractivity contribution in [1.29, 1.82) is 0 Å². The number of rotatable bonds is 6. The first-order valence-corrected chi connectivity index (χ1v) is 8.94. The van der Waals surface area contributed by atoms with Crippen LogP contribution in [0.1, 0.15) is 15.9 Å². The van der Waals surface area contributed by atoms with Crippen molar-refractivity contribution in [1.82, 2.24) is 14.9 Å². The molecule has 3 rings (SSSR count). The molecule has 8 nitrogen and oxygen atoms in total. The molecule has 0 amide bonds. The highest BCUT2D eigenvalue weighted by atomic mass is 32.2. The number of hydrogen-bond acceptors (Lipinski definition) is 8. The second-order valence-corrected chi connectivity index (χ2v) is 6.39. The highest BCUT2D eigenvalue weighted by Gasteiger charge is 2.15. The van der Waals surface area contributed by atoms with E-state index < -0.39 is 11.5 Å². The summed E-state index contributed by atoms with van der Waals surface area (Å²) in [6.07, 6.45) is 0. The average Bonchev–Trinajstić information content (AvgIpc) is 2.71. The van der Waals surface area contributed by atoms with Crippen LogP contribution in [0.15, 0.2) is 64.5 Å². The Kier molecular flexibility index (Phi) is 5.72. The van der Waals surface area contributed by atoms with Gasteiger partial charge in [0, 0.05) is 5.75 Å². The maximum Gasteiger partial charge on any atom is 0.339 e. The summed E-state index contributed by atoms with van der Waals surface area (Å²) in [5, 5.41) is 11.0. The molecular weight excluding hydrogens is 366 g/mol. The molecule has 0 saturated carbocycles. The number of hydrogen-bond donors (Lipinski definition) is 2. The maximum absolute atomic E-state index is 12.5. The van der Waals surface area contributed by atoms with Crippen molar-refractivity contribution in [3.63, 3.8) is 0 Å². The number of anilines is 2. The minimum atomic E-state index is -0.555. The van der Waals surface area contributed by atoms with Crippen LogP contribution in [-0.2, 0) is 10.5 Å². The van der Waals surface area contributed by atoms with Gasteiger partial charge in [-0.15, -0.1) is 10.2 Å². The minimum Gasteiger partial charge on any atom is -0.465 e. The fraction of sp³-hybridized carbons (Fsp3) is 0.111. The van der Waals surface area contributed by atoms with E-state index in [0.29, 0.717) is 11.4 Å². The number of ether oxygens (including phenoxy) is 1. The maximum atomic E-state index is 12.5. The van der Waals surface area contributed by atoms with Crippen LogP contribution >= 0.6 is 11.8 Å². The Morgan fingerprint density at radius 3 is 2.59 bits per heavy atom. The molecule has 2 aromatic carbocycles. The number of benzene rings is 2. The number of thioether (sulfide) groups is 1. The van der Waals surface area contributed by atoms with Gasteiger partial charge >= 0.3 is 11.5 Å². The third-order valence-corrected chi connectivity index (χ3v) is 4.67. The molecule has 0 aliphatic rings. The Balaban J connectivity index is 1.82. The normalized spacial score (nSPS) is 10.4. The van der Waals surface area contributed by atoms with Gasteiger partial charge < -0.3 is 15.9 Å². The van der Waals surface area contributed by atoms with Gasteiger partial charge in [-0.1, -0.05) is 54.2 Å². The fourth-order valence-electron chi connectivity index (χ4n) is 2.29. The second kappa shape index (κ2) is 8.37. The highest BCUT2D eigenvalue weighted by Crippen LogP contribution is 2.21. The molecule has 3 aromatic rings. The van der Waals surface area contributed by atoms with Gasteiger partial charge in [0.05, 0.1) is 18.4 Å². The van der Waals surface area contributed by atoms with E-state index in [1.807, 2.05) is 30.3 Å². The molecular formula is C18H17N5O3S. The molecule has 0 saturated heterocycles. The lowest BCUT2D eigenvalue weighted by atomic mass is 10.2. The van der Waals surface area contributed by atoms with Crippen molar-refractivity contribution in [2.24, 2.45) is 0 Å². The van der Waals surface area contributed by atoms with Crippen LogP contribution in [0.4, 0.5) is 11.5 Å². The van der Waals surface area contributed by atoms with Crippen LogP contribution in [0.3, 0.4) is 0 Å². The van der Waals surface area contributed by atoms with Crippen LogP contribution in [-0.4, -0.2) is 28.0 Å². The van der Waals surface area contributed by atoms with Gasteiger partial charge in [-0.05, 0) is 17.7 Å². The third-order valence-electron chi connectivity index (χ3n) is 3.66. The number of nitrogen functional groups attached to an aromatic ring is 1. The predicted octanol–water partition coefficient (Wildman–Crippen LogP) is 2.17. The van der Waals surface area contributed by atoms with Crippen molar-refractivity contribution in [2.75, 3.05) is 18.3 Å². The van der Waals surface area contributed by atoms with Crippen LogP contribution in [0, 0.1) is 0 Å². The van der Waals surface area contributed by atoms with Gasteiger partial charge in [0.25, 0.3) is 0 Å². The summed E-state index contributed by atoms with van der Waals surface area (Å²) in [4.78, 5) is 24.3. The zero-order valence-corrected chi connectivity index (χ0v) is 15.3. The second-order valence-electron chi connectivity index (χ2n) is 5.44. The number of methoxy groups -OCH3 is 1. The summed E-state index contributed by atoms with van der Waals surface area (Å²) in [5.74, 6) is 5.86. The molecule has 0 radical (unpaired) electrons. The van der Waals surface area contributed by atoms with Crippen LogP contribution in [0.5, 0.6) is 0 Å². The first-order valence-electron chi connectivity index (χ1n) is 7.96. The number of nitrogens with zero attached hydrogens (tertiary/aromatic N) is 3. The highest BCUT2D eigenvalue weighted by molar-refractivity contribution is 7.98. The molecule has 0 fully saturated rings. The summed E-state index contributed by atoms with van der Waals surface area (Å²) in [5.41, 5.74) is 1.17. The Hall–Kier alpha value is -3.33. The van der Waals surface area contributed by atoms with Gasteiger partial charge in [-0.3, -0.25) is 4.79 Å². The molecule has 0 atom stereocenters. The number of para-hydroxylation sites is 1. The molecule has 138 valence electrons. The van der Waals surface area contributed by atoms with E-state index in [-0.39, 0.29) is 16.5 Å². The monoisotopic (exact) mass is 383 g/mol. The van der Waals surface area contributed by atoms with Crippen molar-refractivity contribution in [3.8, 4) is 0 Å². The molecule has 27 heavy (non-hydrogen) atoms. The quantitative estimate of drug-likeness (QED) is 0.378. The Morgan fingerprint density at radius 1 is 1.15 bits per heavy atom. The van der Waals surface area contributed by atoms with E-state index in [9.17, 15) is 9.59 Å². The van der Waals surface area contributed by atoms with E-state index in [1.165, 1.54) is 18.9 Å². The number of esters is 1. The number of nitrogens with two attached hydrogens (primary N) is 1. The molecule has 0 unspecified atom stereocenters. The molecule has 0 bridgehead atoms. The first-order chi connectivity index (χ1) is 13.1. The zero-order chi connectivity index (χ0) is 19.2. The predicted molar refractivity (Wildman–Crippen MR) is 104 cm³/mol. The van der Waals surface area contributed by atoms with E-state index in [4.69, 9.17) is 10.6 Å². The minimum absolute atomic E-state index is 0.0853. The van der Waals surface area contributed by atoms with Crippen molar-refractivity contribution in [3.05, 3.63) is 76.1 Å². The molecule has 0 aliphatic heterocycles. The van der Waals surface area contributed by atoms with Crippen LogP contribution in [0.25, 0.3) is 0 Å². The van der Waals surface area contributed by atoms with Crippen molar-refractivity contribution in [2.45, 2.75) is 10.9 Å². The third kappa shape index (κ3) is 4.26. The molecule has 1 heterocycles. The van der Waals surface area contributed by atoms with Crippen molar-refractivity contribution >= 4 is 29.2 Å². The molecule has 0 aliphatic carbocycles. The van der Waals surface area contributed by atoms with E-state index in [1.54, 1.807) is 24.3 Å². The van der Waals surface area contributed by atoms with E-state index in [0.717, 1.165) is 10.2 Å². The number of carbonyl (C=O) groups is 1. The lowest BCUT2D eigenvalue weighted by Gasteiger charge is -2.11. The number of nitrogens with one attached hydrogen (secondary N) is 1. The van der Waals surface area contributed by atoms with Gasteiger partial charge in [0.2, 0.25) is 11.0 Å². The number of carbonyl (C=O) groups excluding carboxylic acids is 1. The van der Waals surface area contributed by atoms with Crippen LogP contribution in [0.2, 0.25) is 0 Å². The van der Waals surface area contributed by atoms with E-state index in [2.05, 4.69) is 15.5 Å². The topological polar surface area (TPSA) is 112 Å². The smallest absolute Gasteiger partial charge is 0.339 e. The first kappa shape index (κ1) is 18.5. The molecule has 0 spiro atoms. The standard InChI is InChI=1S/C18H17N5O3S/c1-26-17(25)13-9-5-6-10-14(13)20-15-16(24)23(19)18(22-21-15)27-11-12-7-3-2-4-8-12/h2-10H,11,19H2,1H3,(H,20,21). The summed E-state index contributed by atoms with van der Waals surface area (Å²) in [6.45, 7) is 0. The molecule has 1 aromatic heterocycles. The summed E-state index contributed by atoms with van der Waals surface area (Å²) < 4.78 is 5.67. The van der Waals surface area contributed by atoms with Gasteiger partial charge in [0.15, 0.2) is 0 Å². The summed E-state index contributed by atoms with van der Waals surface area (Å²) in [6, 6.07) is 16.4. The SMILES string of the molecule is COC(=O)c1ccccc1Nc1nnc(SCc2ccccc2)n(N)c1=O. The van der Waals surface area contributed by atoms with E-state index >= 15 is 0 Å². The lowest BCUT2D eigenvalue weighted by molar-refractivity contribution is 0.0602. The van der Waals surface area contributed by atoms with Crippen LogP contribution < -0.4 is 16.7 Å². The molecule has 3 N–H and O–H groups in total. The van der Waals surface area contributed by atoms with Gasteiger partial charge in [-0.25, -0.2) is 4.79 Å². The Bertz CT molecular complexity index is 1010. The lowest BCUT2D eigenvalue weighted by Crippen LogP contribution is -2.32. The zero-order valence-electron chi connectivity index (χ0n) is 14.5. The van der Waals surface area contributed by atoms with Gasteiger partial charge in [0.1, 0.15) is 0 Å². The summed E-state index contributed by atoms with van der Waals surface area (Å²) >= 11 is 1.30. The average molecular weight is 383 g/mol. The largest absolute Gasteiger partial charge is 0.465 e. The Labute approximate surface area is 159 Å². The van der Waals surface area contributed by atoms with Crippen molar-refractivity contribution < 1.29 is 9.53 Å². The summed E-state index contributed by atoms with van der Waals surface area (Å²) in [7, 11) is 1.28. The van der Waals surface area contributed by atoms with Gasteiger partial charge in [-0.2, -0.15) is 4.68 Å². The molecule has 9 heteroatoms.